The number of esters is 1. The van der Waals surface area contributed by atoms with E-state index in [-0.39, 0.29) is 42.0 Å². The molecule has 1 fully saturated rings. The number of hydrogen-bond acceptors (Lipinski definition) is 6. The van der Waals surface area contributed by atoms with Crippen LogP contribution in [0.1, 0.15) is 24.3 Å². The Morgan fingerprint density at radius 1 is 1.37 bits per heavy atom. The molecule has 1 saturated heterocycles. The number of nitrogen functional groups attached to an aromatic ring is 1. The van der Waals surface area contributed by atoms with Crippen molar-refractivity contribution >= 4 is 24.2 Å². The molecule has 3 rings (SSSR count). The summed E-state index contributed by atoms with van der Waals surface area (Å²) in [5.74, 6) is 0.212. The first kappa shape index (κ1) is 20.4. The van der Waals surface area contributed by atoms with Crippen molar-refractivity contribution in [2.75, 3.05) is 25.4 Å². The smallest absolute Gasteiger partial charge is 0.309 e. The molecule has 8 nitrogen and oxygen atoms in total. The molecular weight excluding hydrogens is 350 g/mol. The lowest BCUT2D eigenvalue weighted by Crippen LogP contribution is -2.37. The third-order valence-corrected chi connectivity index (χ3v) is 4.94. The number of likely N-dealkylation sites (tertiary alicyclic amines) is 1. The van der Waals surface area contributed by atoms with Gasteiger partial charge in [-0.3, -0.25) is 14.4 Å². The second-order valence-corrected chi connectivity index (χ2v) is 6.61. The summed E-state index contributed by atoms with van der Waals surface area (Å²) in [6.07, 6.45) is 4.20. The van der Waals surface area contributed by atoms with Gasteiger partial charge in [0.1, 0.15) is 11.5 Å². The molecule has 0 unspecified atom stereocenters. The number of aromatic nitrogens is 1. The van der Waals surface area contributed by atoms with Gasteiger partial charge in [-0.25, -0.2) is 4.98 Å². The number of carbonyl (C=O) groups excluding carboxylic acids is 2. The predicted molar refractivity (Wildman–Crippen MR) is 98.7 cm³/mol. The number of nitrogens with zero attached hydrogens (tertiary/aromatic N) is 2. The molecule has 0 saturated carbocycles. The fraction of sp³-hybridized carbons (Fsp3) is 0.474. The largest absolute Gasteiger partial charge is 0.483 e. The molecule has 8 heteroatoms. The molecule has 1 aliphatic heterocycles. The van der Waals surface area contributed by atoms with E-state index in [4.69, 9.17) is 20.4 Å². The lowest BCUT2D eigenvalue weighted by atomic mass is 9.72. The maximum Gasteiger partial charge on any atom is 0.309 e. The lowest BCUT2D eigenvalue weighted by Gasteiger charge is -2.31. The van der Waals surface area contributed by atoms with E-state index in [9.17, 15) is 9.59 Å². The van der Waals surface area contributed by atoms with Crippen LogP contribution in [0.25, 0.3) is 0 Å². The summed E-state index contributed by atoms with van der Waals surface area (Å²) in [5.41, 5.74) is 6.02. The van der Waals surface area contributed by atoms with Crippen molar-refractivity contribution in [2.24, 2.45) is 23.7 Å². The SMILES string of the molecule is CCOC(=O)[C@@H]1[C@H]2CN(C(=O)c3cccc(N)n3)C[C@@H]2C=C[C@@H]1C.O=CO. The van der Waals surface area contributed by atoms with Crippen LogP contribution < -0.4 is 5.73 Å². The summed E-state index contributed by atoms with van der Waals surface area (Å²) in [6, 6.07) is 5.05. The number of carbonyl (C=O) groups is 3. The summed E-state index contributed by atoms with van der Waals surface area (Å²) in [7, 11) is 0. The highest BCUT2D eigenvalue weighted by molar-refractivity contribution is 5.93. The third kappa shape index (κ3) is 4.64. The number of carboxylic acid groups (broad SMARTS) is 1. The number of amides is 1. The number of rotatable bonds is 3. The monoisotopic (exact) mass is 375 g/mol. The van der Waals surface area contributed by atoms with Gasteiger partial charge < -0.3 is 20.5 Å². The van der Waals surface area contributed by atoms with E-state index in [2.05, 4.69) is 17.1 Å². The number of ether oxygens (including phenoxy) is 1. The number of fused-ring (bicyclic) bond motifs is 1. The summed E-state index contributed by atoms with van der Waals surface area (Å²) >= 11 is 0. The molecule has 27 heavy (non-hydrogen) atoms. The van der Waals surface area contributed by atoms with Crippen LogP contribution >= 0.6 is 0 Å². The van der Waals surface area contributed by atoms with E-state index in [0.29, 0.717) is 31.2 Å². The molecule has 0 radical (unpaired) electrons. The molecule has 0 bridgehead atoms. The zero-order valence-corrected chi connectivity index (χ0v) is 15.4. The molecule has 1 aromatic heterocycles. The van der Waals surface area contributed by atoms with E-state index in [1.165, 1.54) is 0 Å². The maximum atomic E-state index is 12.7. The number of nitrogens with two attached hydrogens (primary N) is 1. The van der Waals surface area contributed by atoms with Crippen molar-refractivity contribution in [3.8, 4) is 0 Å². The van der Waals surface area contributed by atoms with Gasteiger partial charge in [-0.15, -0.1) is 0 Å². The number of anilines is 1. The van der Waals surface area contributed by atoms with E-state index >= 15 is 0 Å². The Bertz CT molecular complexity index is 721. The van der Waals surface area contributed by atoms with Gasteiger partial charge in [0.05, 0.1) is 12.5 Å². The van der Waals surface area contributed by atoms with Crippen LogP contribution in [0, 0.1) is 23.7 Å². The average molecular weight is 375 g/mol. The maximum absolute atomic E-state index is 12.7. The summed E-state index contributed by atoms with van der Waals surface area (Å²) < 4.78 is 5.25. The van der Waals surface area contributed by atoms with E-state index in [1.54, 1.807) is 23.1 Å². The second-order valence-electron chi connectivity index (χ2n) is 6.61. The zero-order valence-electron chi connectivity index (χ0n) is 15.4. The van der Waals surface area contributed by atoms with Gasteiger partial charge in [-0.05, 0) is 36.8 Å². The molecule has 0 spiro atoms. The van der Waals surface area contributed by atoms with E-state index in [0.717, 1.165) is 0 Å². The highest BCUT2D eigenvalue weighted by Gasteiger charge is 2.46. The van der Waals surface area contributed by atoms with Crippen LogP contribution in [0.4, 0.5) is 5.82 Å². The minimum Gasteiger partial charge on any atom is -0.483 e. The molecule has 1 aliphatic carbocycles. The van der Waals surface area contributed by atoms with Crippen LogP contribution in [0.5, 0.6) is 0 Å². The minimum absolute atomic E-state index is 0.0917. The molecule has 1 amide bonds. The third-order valence-electron chi connectivity index (χ3n) is 4.94. The Kier molecular flexibility index (Phi) is 6.92. The summed E-state index contributed by atoms with van der Waals surface area (Å²) in [4.78, 5) is 39.3. The average Bonchev–Trinajstić information content (AvgIpc) is 3.05. The predicted octanol–water partition coefficient (Wildman–Crippen LogP) is 1.44. The summed E-state index contributed by atoms with van der Waals surface area (Å²) in [5, 5.41) is 6.89. The van der Waals surface area contributed by atoms with Gasteiger partial charge in [0.15, 0.2) is 0 Å². The van der Waals surface area contributed by atoms with E-state index in [1.807, 2.05) is 13.8 Å². The molecule has 1 aromatic rings. The molecule has 3 N–H and O–H groups in total. The number of pyridine rings is 1. The number of hydrogen-bond donors (Lipinski definition) is 2. The topological polar surface area (TPSA) is 123 Å². The Labute approximate surface area is 158 Å². The Balaban J connectivity index is 0.000000817. The van der Waals surface area contributed by atoms with Crippen LogP contribution in [0.2, 0.25) is 0 Å². The van der Waals surface area contributed by atoms with Gasteiger partial charge in [0, 0.05) is 13.1 Å². The van der Waals surface area contributed by atoms with Gasteiger partial charge in [-0.1, -0.05) is 25.1 Å². The van der Waals surface area contributed by atoms with Crippen molar-refractivity contribution in [1.29, 1.82) is 0 Å². The standard InChI is InChI=1S/C18H23N3O3.CH2O2/c1-3-24-18(23)16-11(2)7-8-12-9-21(10-13(12)16)17(22)14-5-4-6-15(19)20-14;2-1-3/h4-8,11-13,16H,3,9-10H2,1-2H3,(H2,19,20);1H,(H,2,3)/t11-,12-,13-,16-;/m0./s1. The quantitative estimate of drug-likeness (QED) is 0.465. The highest BCUT2D eigenvalue weighted by atomic mass is 16.5. The molecule has 2 heterocycles. The van der Waals surface area contributed by atoms with Crippen LogP contribution in [0.3, 0.4) is 0 Å². The van der Waals surface area contributed by atoms with Gasteiger partial charge in [-0.2, -0.15) is 0 Å². The molecular formula is C19H25N3O5. The van der Waals surface area contributed by atoms with Crippen molar-refractivity contribution in [3.05, 3.63) is 36.0 Å². The summed E-state index contributed by atoms with van der Waals surface area (Å²) in [6.45, 7) is 5.10. The fourth-order valence-corrected chi connectivity index (χ4v) is 3.79. The van der Waals surface area contributed by atoms with Gasteiger partial charge in [0.2, 0.25) is 0 Å². The first-order valence-corrected chi connectivity index (χ1v) is 8.87. The first-order chi connectivity index (χ1) is 12.9. The molecule has 4 atom stereocenters. The fourth-order valence-electron chi connectivity index (χ4n) is 3.79. The number of allylic oxidation sites excluding steroid dienone is 1. The normalized spacial score (nSPS) is 25.8. The van der Waals surface area contributed by atoms with Gasteiger partial charge >= 0.3 is 5.97 Å². The molecule has 0 aromatic carbocycles. The Morgan fingerprint density at radius 3 is 2.70 bits per heavy atom. The van der Waals surface area contributed by atoms with Gasteiger partial charge in [0.25, 0.3) is 12.4 Å². The van der Waals surface area contributed by atoms with Crippen LogP contribution in [0.15, 0.2) is 30.4 Å². The second kappa shape index (κ2) is 9.16. The zero-order chi connectivity index (χ0) is 20.0. The Morgan fingerprint density at radius 2 is 2.07 bits per heavy atom. The molecule has 2 aliphatic rings. The van der Waals surface area contributed by atoms with Crippen molar-refractivity contribution in [3.63, 3.8) is 0 Å². The molecule has 146 valence electrons. The highest BCUT2D eigenvalue weighted by Crippen LogP contribution is 2.40. The van der Waals surface area contributed by atoms with E-state index < -0.39 is 0 Å². The van der Waals surface area contributed by atoms with Crippen LogP contribution in [-0.4, -0.2) is 53.0 Å². The minimum atomic E-state index is -0.250. The van der Waals surface area contributed by atoms with Crippen molar-refractivity contribution in [2.45, 2.75) is 13.8 Å². The van der Waals surface area contributed by atoms with Crippen LogP contribution in [-0.2, 0) is 14.3 Å². The lowest BCUT2D eigenvalue weighted by molar-refractivity contribution is -0.152. The first-order valence-electron chi connectivity index (χ1n) is 8.87. The van der Waals surface area contributed by atoms with Crippen molar-refractivity contribution in [1.82, 2.24) is 9.88 Å². The Hall–Kier alpha value is -2.90. The van der Waals surface area contributed by atoms with Crippen molar-refractivity contribution < 1.29 is 24.2 Å².